The number of aliphatic carboxylic acids is 1. The third-order valence-corrected chi connectivity index (χ3v) is 3.36. The van der Waals surface area contributed by atoms with Gasteiger partial charge in [0.1, 0.15) is 0 Å². The van der Waals surface area contributed by atoms with E-state index in [0.29, 0.717) is 25.1 Å². The molecule has 1 aromatic rings. The number of nitrogens with zero attached hydrogens (tertiary/aromatic N) is 1. The van der Waals surface area contributed by atoms with Gasteiger partial charge in [0.25, 0.3) is 5.69 Å². The van der Waals surface area contributed by atoms with Gasteiger partial charge in [0, 0.05) is 24.4 Å². The van der Waals surface area contributed by atoms with Crippen molar-refractivity contribution in [3.8, 4) is 0 Å². The van der Waals surface area contributed by atoms with Gasteiger partial charge in [0.2, 0.25) is 0 Å². The van der Waals surface area contributed by atoms with Crippen molar-refractivity contribution in [2.24, 2.45) is 5.41 Å². The minimum atomic E-state index is -0.807. The lowest BCUT2D eigenvalue weighted by molar-refractivity contribution is -0.384. The van der Waals surface area contributed by atoms with E-state index in [4.69, 9.17) is 5.11 Å². The quantitative estimate of drug-likeness (QED) is 0.617. The van der Waals surface area contributed by atoms with Crippen molar-refractivity contribution in [2.75, 3.05) is 11.9 Å². The van der Waals surface area contributed by atoms with E-state index in [-0.39, 0.29) is 5.69 Å². The molecule has 0 saturated heterocycles. The number of carbonyl (C=O) groups is 1. The highest BCUT2D eigenvalue weighted by Crippen LogP contribution is 2.46. The van der Waals surface area contributed by atoms with Gasteiger partial charge in [-0.25, -0.2) is 0 Å². The van der Waals surface area contributed by atoms with E-state index in [0.717, 1.165) is 5.56 Å². The molecular formula is C12H14N2O4. The highest BCUT2D eigenvalue weighted by Gasteiger charge is 2.50. The van der Waals surface area contributed by atoms with E-state index in [9.17, 15) is 14.9 Å². The van der Waals surface area contributed by atoms with Crippen LogP contribution in [0.3, 0.4) is 0 Å². The lowest BCUT2D eigenvalue weighted by Gasteiger charge is -2.13. The predicted molar refractivity (Wildman–Crippen MR) is 65.6 cm³/mol. The topological polar surface area (TPSA) is 92.5 Å². The summed E-state index contributed by atoms with van der Waals surface area (Å²) in [5.74, 6) is -0.807. The molecule has 0 heterocycles. The van der Waals surface area contributed by atoms with Crippen molar-refractivity contribution in [1.29, 1.82) is 0 Å². The fourth-order valence-electron chi connectivity index (χ4n) is 1.80. The van der Waals surface area contributed by atoms with Gasteiger partial charge in [-0.2, -0.15) is 0 Å². The second-order valence-electron chi connectivity index (χ2n) is 4.70. The Labute approximate surface area is 104 Å². The Morgan fingerprint density at radius 1 is 1.56 bits per heavy atom. The molecule has 2 N–H and O–H groups in total. The number of nitrogens with one attached hydrogen (secondary N) is 1. The molecule has 0 radical (unpaired) electrons. The monoisotopic (exact) mass is 250 g/mol. The van der Waals surface area contributed by atoms with Gasteiger partial charge in [0.15, 0.2) is 0 Å². The van der Waals surface area contributed by atoms with Crippen LogP contribution in [0.15, 0.2) is 18.2 Å². The van der Waals surface area contributed by atoms with Crippen LogP contribution in [0.5, 0.6) is 0 Å². The van der Waals surface area contributed by atoms with E-state index in [1.165, 1.54) is 12.1 Å². The van der Waals surface area contributed by atoms with Crippen LogP contribution in [0.1, 0.15) is 18.4 Å². The number of benzene rings is 1. The average molecular weight is 250 g/mol. The molecule has 0 atom stereocenters. The number of hydrogen-bond acceptors (Lipinski definition) is 4. The standard InChI is InChI=1S/C12H14N2O4/c1-8-2-3-9(14(17)18)6-10(8)13-7-12(4-5-12)11(15)16/h2-3,6,13H,4-5,7H2,1H3,(H,15,16). The summed E-state index contributed by atoms with van der Waals surface area (Å²) < 4.78 is 0. The van der Waals surface area contributed by atoms with Crippen LogP contribution in [-0.2, 0) is 4.79 Å². The molecule has 1 saturated carbocycles. The molecule has 1 aliphatic carbocycles. The predicted octanol–water partition coefficient (Wildman–Crippen LogP) is 2.18. The van der Waals surface area contributed by atoms with Crippen molar-refractivity contribution < 1.29 is 14.8 Å². The number of nitro benzene ring substituents is 1. The number of aryl methyl sites for hydroxylation is 1. The Morgan fingerprint density at radius 3 is 2.72 bits per heavy atom. The van der Waals surface area contributed by atoms with Gasteiger partial charge in [-0.3, -0.25) is 14.9 Å². The zero-order valence-corrected chi connectivity index (χ0v) is 9.97. The summed E-state index contributed by atoms with van der Waals surface area (Å²) in [6.45, 7) is 2.14. The second-order valence-corrected chi connectivity index (χ2v) is 4.70. The fraction of sp³-hybridized carbons (Fsp3) is 0.417. The molecule has 96 valence electrons. The highest BCUT2D eigenvalue weighted by atomic mass is 16.6. The first-order valence-corrected chi connectivity index (χ1v) is 5.67. The third-order valence-electron chi connectivity index (χ3n) is 3.36. The molecule has 1 aliphatic rings. The number of anilines is 1. The van der Waals surface area contributed by atoms with Crippen molar-refractivity contribution in [1.82, 2.24) is 0 Å². The molecule has 0 spiro atoms. The van der Waals surface area contributed by atoms with Gasteiger partial charge < -0.3 is 10.4 Å². The van der Waals surface area contributed by atoms with Gasteiger partial charge in [-0.1, -0.05) is 6.07 Å². The minimum Gasteiger partial charge on any atom is -0.481 e. The molecule has 0 bridgehead atoms. The van der Waals surface area contributed by atoms with Crippen LogP contribution in [0, 0.1) is 22.5 Å². The van der Waals surface area contributed by atoms with Crippen LogP contribution in [0.25, 0.3) is 0 Å². The first kappa shape index (κ1) is 12.3. The van der Waals surface area contributed by atoms with Crippen molar-refractivity contribution in [3.05, 3.63) is 33.9 Å². The third kappa shape index (κ3) is 2.27. The number of non-ortho nitro benzene ring substituents is 1. The highest BCUT2D eigenvalue weighted by molar-refractivity contribution is 5.78. The van der Waals surface area contributed by atoms with Crippen molar-refractivity contribution in [2.45, 2.75) is 19.8 Å². The van der Waals surface area contributed by atoms with Crippen molar-refractivity contribution >= 4 is 17.3 Å². The summed E-state index contributed by atoms with van der Waals surface area (Å²) in [6, 6.07) is 4.53. The van der Waals surface area contributed by atoms with Crippen LogP contribution in [-0.4, -0.2) is 22.5 Å². The van der Waals surface area contributed by atoms with Gasteiger partial charge in [0.05, 0.1) is 10.3 Å². The van der Waals surface area contributed by atoms with Crippen LogP contribution >= 0.6 is 0 Å². The average Bonchev–Trinajstić information content (AvgIpc) is 3.08. The van der Waals surface area contributed by atoms with Crippen LogP contribution in [0.2, 0.25) is 0 Å². The van der Waals surface area contributed by atoms with Crippen LogP contribution in [0.4, 0.5) is 11.4 Å². The number of carboxylic acid groups (broad SMARTS) is 1. The number of carboxylic acids is 1. The number of nitro groups is 1. The zero-order chi connectivity index (χ0) is 13.3. The fourth-order valence-corrected chi connectivity index (χ4v) is 1.80. The summed E-state index contributed by atoms with van der Waals surface area (Å²) in [5, 5.41) is 22.7. The summed E-state index contributed by atoms with van der Waals surface area (Å²) in [6.07, 6.45) is 1.31. The molecule has 0 unspecified atom stereocenters. The van der Waals surface area contributed by atoms with E-state index < -0.39 is 16.3 Å². The lowest BCUT2D eigenvalue weighted by Crippen LogP contribution is -2.24. The first-order valence-electron chi connectivity index (χ1n) is 5.67. The molecule has 2 rings (SSSR count). The molecule has 0 amide bonds. The molecule has 0 aromatic heterocycles. The van der Waals surface area contributed by atoms with Crippen LogP contribution < -0.4 is 5.32 Å². The van der Waals surface area contributed by atoms with E-state index in [2.05, 4.69) is 5.32 Å². The summed E-state index contributed by atoms with van der Waals surface area (Å²) in [7, 11) is 0. The lowest BCUT2D eigenvalue weighted by atomic mass is 10.1. The molecule has 6 heteroatoms. The van der Waals surface area contributed by atoms with Crippen molar-refractivity contribution in [3.63, 3.8) is 0 Å². The Hall–Kier alpha value is -2.11. The Bertz CT molecular complexity index is 509. The smallest absolute Gasteiger partial charge is 0.311 e. The summed E-state index contributed by atoms with van der Waals surface area (Å²) in [4.78, 5) is 21.2. The van der Waals surface area contributed by atoms with E-state index >= 15 is 0 Å². The zero-order valence-electron chi connectivity index (χ0n) is 9.97. The molecular weight excluding hydrogens is 236 g/mol. The maximum absolute atomic E-state index is 11.0. The molecule has 0 aliphatic heterocycles. The number of rotatable bonds is 5. The molecule has 1 fully saturated rings. The summed E-state index contributed by atoms with van der Waals surface area (Å²) >= 11 is 0. The first-order chi connectivity index (χ1) is 8.44. The van der Waals surface area contributed by atoms with Gasteiger partial charge >= 0.3 is 5.97 Å². The second kappa shape index (κ2) is 4.29. The van der Waals surface area contributed by atoms with Gasteiger partial charge in [-0.05, 0) is 25.3 Å². The number of hydrogen-bond donors (Lipinski definition) is 2. The molecule has 18 heavy (non-hydrogen) atoms. The largest absolute Gasteiger partial charge is 0.481 e. The SMILES string of the molecule is Cc1ccc([N+](=O)[O-])cc1NCC1(C(=O)O)CC1. The van der Waals surface area contributed by atoms with E-state index in [1.54, 1.807) is 6.07 Å². The maximum Gasteiger partial charge on any atom is 0.311 e. The Kier molecular flexibility index (Phi) is 2.94. The van der Waals surface area contributed by atoms with E-state index in [1.807, 2.05) is 6.92 Å². The normalized spacial score (nSPS) is 16.1. The Balaban J connectivity index is 2.12. The molecule has 1 aromatic carbocycles. The molecule has 6 nitrogen and oxygen atoms in total. The maximum atomic E-state index is 11.0. The minimum absolute atomic E-state index is 0.00303. The summed E-state index contributed by atoms with van der Waals surface area (Å²) in [5.41, 5.74) is 0.804. The van der Waals surface area contributed by atoms with Gasteiger partial charge in [-0.15, -0.1) is 0 Å². The Morgan fingerprint density at radius 2 is 2.22 bits per heavy atom.